The minimum absolute atomic E-state index is 0.0428. The fourth-order valence-corrected chi connectivity index (χ4v) is 8.99. The monoisotopic (exact) mass is 554 g/mol. The van der Waals surface area contributed by atoms with Crippen molar-refractivity contribution >= 4 is 46.2 Å². The normalized spacial score (nSPS) is 32.8. The molecule has 0 aromatic carbocycles. The SMILES string of the molecule is C=C1CCC2[C@](CC)(C(=O)CC3[C@](C)(COC(=O)c4cccs4)CCC[C@]32COC(=O)c2cccs2)C1=O. The molecule has 6 nitrogen and oxygen atoms in total. The van der Waals surface area contributed by atoms with Gasteiger partial charge in [0.25, 0.3) is 0 Å². The molecule has 0 amide bonds. The van der Waals surface area contributed by atoms with Gasteiger partial charge in [-0.2, -0.15) is 0 Å². The van der Waals surface area contributed by atoms with Gasteiger partial charge in [0.15, 0.2) is 5.78 Å². The first-order valence-corrected chi connectivity index (χ1v) is 15.1. The molecule has 3 fully saturated rings. The third-order valence-electron chi connectivity index (χ3n) is 9.57. The predicted octanol–water partition coefficient (Wildman–Crippen LogP) is 6.52. The van der Waals surface area contributed by atoms with Gasteiger partial charge in [0.05, 0.1) is 18.6 Å². The van der Waals surface area contributed by atoms with E-state index in [1.165, 1.54) is 22.7 Å². The van der Waals surface area contributed by atoms with Crippen LogP contribution in [0.25, 0.3) is 0 Å². The molecule has 0 saturated heterocycles. The summed E-state index contributed by atoms with van der Waals surface area (Å²) in [6.07, 6.45) is 4.18. The maximum absolute atomic E-state index is 14.0. The standard InChI is InChI=1S/C30H34O6S2/c1-4-30-22(11-10-19(2)25(30)32)29(18-36-27(34)21-9-6-15-38-21)13-7-12-28(3,23(29)16-24(30)31)17-35-26(33)20-8-5-14-37-20/h5-6,8-9,14-15,22-23H,2,4,7,10-13,16-18H2,1,3H3/t22?,23?,28-,29+,30+/m0/s1. The topological polar surface area (TPSA) is 86.7 Å². The summed E-state index contributed by atoms with van der Waals surface area (Å²) >= 11 is 2.67. The van der Waals surface area contributed by atoms with Gasteiger partial charge < -0.3 is 9.47 Å². The molecule has 0 aliphatic heterocycles. The molecule has 3 saturated carbocycles. The average Bonchev–Trinajstić information content (AvgIpc) is 3.64. The van der Waals surface area contributed by atoms with Gasteiger partial charge in [0.1, 0.15) is 15.5 Å². The molecule has 38 heavy (non-hydrogen) atoms. The smallest absolute Gasteiger partial charge is 0.348 e. The number of ketones is 2. The van der Waals surface area contributed by atoms with E-state index in [1.807, 2.05) is 29.8 Å². The third-order valence-corrected chi connectivity index (χ3v) is 11.3. The van der Waals surface area contributed by atoms with E-state index in [4.69, 9.17) is 9.47 Å². The van der Waals surface area contributed by atoms with Crippen molar-refractivity contribution in [2.75, 3.05) is 13.2 Å². The molecule has 3 aliphatic carbocycles. The van der Waals surface area contributed by atoms with Crippen molar-refractivity contribution in [2.24, 2.45) is 28.1 Å². The number of carbonyl (C=O) groups excluding carboxylic acids is 4. The van der Waals surface area contributed by atoms with E-state index in [1.54, 1.807) is 12.1 Å². The highest BCUT2D eigenvalue weighted by molar-refractivity contribution is 7.12. The van der Waals surface area contributed by atoms with Crippen molar-refractivity contribution in [2.45, 2.75) is 58.8 Å². The van der Waals surface area contributed by atoms with E-state index in [0.717, 1.165) is 19.3 Å². The summed E-state index contributed by atoms with van der Waals surface area (Å²) in [6, 6.07) is 7.11. The van der Waals surface area contributed by atoms with Crippen LogP contribution in [-0.4, -0.2) is 36.7 Å². The van der Waals surface area contributed by atoms with Crippen molar-refractivity contribution in [3.05, 3.63) is 56.9 Å². The number of Topliss-reactive ketones (excluding diaryl/α,β-unsaturated/α-hetero) is 2. The number of ether oxygens (including phenoxy) is 2. The summed E-state index contributed by atoms with van der Waals surface area (Å²) in [5.74, 6) is -1.37. The van der Waals surface area contributed by atoms with Crippen LogP contribution in [0.2, 0.25) is 0 Å². The molecular formula is C30H34O6S2. The molecule has 3 aliphatic rings. The first-order chi connectivity index (χ1) is 18.2. The molecule has 5 atom stereocenters. The van der Waals surface area contributed by atoms with Crippen LogP contribution in [0.5, 0.6) is 0 Å². The molecule has 202 valence electrons. The molecule has 0 radical (unpaired) electrons. The lowest BCUT2D eigenvalue weighted by Gasteiger charge is -2.64. The second-order valence-electron chi connectivity index (χ2n) is 11.4. The van der Waals surface area contributed by atoms with Gasteiger partial charge in [-0.25, -0.2) is 9.59 Å². The lowest BCUT2D eigenvalue weighted by Crippen LogP contribution is -2.66. The largest absolute Gasteiger partial charge is 0.461 e. The van der Waals surface area contributed by atoms with E-state index in [9.17, 15) is 19.2 Å². The van der Waals surface area contributed by atoms with Crippen LogP contribution in [0.4, 0.5) is 0 Å². The molecule has 2 unspecified atom stereocenters. The van der Waals surface area contributed by atoms with Crippen molar-refractivity contribution in [3.63, 3.8) is 0 Å². The Bertz CT molecular complexity index is 1250. The fourth-order valence-electron chi connectivity index (χ4n) is 7.76. The van der Waals surface area contributed by atoms with E-state index in [-0.39, 0.29) is 55.0 Å². The van der Waals surface area contributed by atoms with Crippen molar-refractivity contribution in [1.29, 1.82) is 0 Å². The molecule has 5 rings (SSSR count). The Kier molecular flexibility index (Phi) is 7.24. The van der Waals surface area contributed by atoms with Crippen molar-refractivity contribution in [3.8, 4) is 0 Å². The Balaban J connectivity index is 1.52. The first-order valence-electron chi connectivity index (χ1n) is 13.3. The quantitative estimate of drug-likeness (QED) is 0.220. The van der Waals surface area contributed by atoms with Gasteiger partial charge in [-0.05, 0) is 72.4 Å². The Morgan fingerprint density at radius 1 is 1.00 bits per heavy atom. The third kappa shape index (κ3) is 4.20. The Morgan fingerprint density at radius 3 is 2.21 bits per heavy atom. The zero-order valence-electron chi connectivity index (χ0n) is 22.0. The van der Waals surface area contributed by atoms with Crippen LogP contribution in [0.3, 0.4) is 0 Å². The Hall–Kier alpha value is -2.58. The highest BCUT2D eigenvalue weighted by Gasteiger charge is 2.69. The highest BCUT2D eigenvalue weighted by Crippen LogP contribution is 2.67. The van der Waals surface area contributed by atoms with Gasteiger partial charge in [-0.15, -0.1) is 22.7 Å². The lowest BCUT2D eigenvalue weighted by atomic mass is 9.39. The Labute approximate surface area is 231 Å². The highest BCUT2D eigenvalue weighted by atomic mass is 32.1. The first kappa shape index (κ1) is 27.0. The van der Waals surface area contributed by atoms with Crippen LogP contribution in [0, 0.1) is 28.1 Å². The van der Waals surface area contributed by atoms with Gasteiger partial charge in [-0.1, -0.05) is 39.0 Å². The number of hydrogen-bond acceptors (Lipinski definition) is 8. The molecule has 8 heteroatoms. The maximum atomic E-state index is 14.0. The summed E-state index contributed by atoms with van der Waals surface area (Å²) in [5, 5.41) is 3.67. The summed E-state index contributed by atoms with van der Waals surface area (Å²) in [5.41, 5.74) is -1.68. The molecule has 2 aromatic rings. The average molecular weight is 555 g/mol. The second kappa shape index (κ2) is 10.2. The van der Waals surface area contributed by atoms with Crippen LogP contribution < -0.4 is 0 Å². The van der Waals surface area contributed by atoms with Gasteiger partial charge in [0, 0.05) is 17.3 Å². The molecule has 2 aromatic heterocycles. The summed E-state index contributed by atoms with van der Waals surface area (Å²) in [4.78, 5) is 54.5. The van der Waals surface area contributed by atoms with Gasteiger partial charge in [-0.3, -0.25) is 9.59 Å². The Morgan fingerprint density at radius 2 is 1.63 bits per heavy atom. The number of thiophene rings is 2. The minimum atomic E-state index is -1.13. The van der Waals surface area contributed by atoms with E-state index < -0.39 is 16.2 Å². The zero-order valence-corrected chi connectivity index (χ0v) is 23.6. The summed E-state index contributed by atoms with van der Waals surface area (Å²) < 4.78 is 11.9. The summed E-state index contributed by atoms with van der Waals surface area (Å²) in [7, 11) is 0. The fraction of sp³-hybridized carbons (Fsp3) is 0.533. The second-order valence-corrected chi connectivity index (χ2v) is 13.3. The van der Waals surface area contributed by atoms with E-state index >= 15 is 0 Å². The van der Waals surface area contributed by atoms with E-state index in [0.29, 0.717) is 34.6 Å². The summed E-state index contributed by atoms with van der Waals surface area (Å²) in [6.45, 7) is 8.33. The number of allylic oxidation sites excluding steroid dienone is 1. The van der Waals surface area contributed by atoms with Crippen molar-refractivity contribution in [1.82, 2.24) is 0 Å². The molecule has 0 N–H and O–H groups in total. The molecular weight excluding hydrogens is 520 g/mol. The van der Waals surface area contributed by atoms with Gasteiger partial charge >= 0.3 is 11.9 Å². The number of fused-ring (bicyclic) bond motifs is 3. The lowest BCUT2D eigenvalue weighted by molar-refractivity contribution is -0.191. The van der Waals surface area contributed by atoms with Crippen LogP contribution in [0.15, 0.2) is 47.2 Å². The van der Waals surface area contributed by atoms with Crippen LogP contribution >= 0.6 is 22.7 Å². The molecule has 0 spiro atoms. The molecule has 0 bridgehead atoms. The maximum Gasteiger partial charge on any atom is 0.348 e. The number of rotatable bonds is 7. The number of carbonyl (C=O) groups is 4. The van der Waals surface area contributed by atoms with Crippen molar-refractivity contribution < 1.29 is 28.7 Å². The van der Waals surface area contributed by atoms with Crippen LogP contribution in [-0.2, 0) is 19.1 Å². The minimum Gasteiger partial charge on any atom is -0.461 e. The van der Waals surface area contributed by atoms with Gasteiger partial charge in [0.2, 0.25) is 0 Å². The molecule has 2 heterocycles. The number of esters is 2. The van der Waals surface area contributed by atoms with Crippen LogP contribution in [0.1, 0.15) is 78.1 Å². The zero-order chi connectivity index (χ0) is 27.1. The van der Waals surface area contributed by atoms with E-state index in [2.05, 4.69) is 13.5 Å². The number of hydrogen-bond donors (Lipinski definition) is 0. The predicted molar refractivity (Wildman–Crippen MR) is 146 cm³/mol.